The third-order valence-corrected chi connectivity index (χ3v) is 2.08. The van der Waals surface area contributed by atoms with Crippen LogP contribution >= 0.6 is 0 Å². The Kier molecular flexibility index (Phi) is 2.29. The van der Waals surface area contributed by atoms with Gasteiger partial charge in [0.05, 0.1) is 5.56 Å². The van der Waals surface area contributed by atoms with Gasteiger partial charge in [-0.2, -0.15) is 0 Å². The van der Waals surface area contributed by atoms with Gasteiger partial charge in [0, 0.05) is 24.5 Å². The molecule has 0 aliphatic carbocycles. The van der Waals surface area contributed by atoms with Crippen LogP contribution in [0.1, 0.15) is 33.3 Å². The monoisotopic (exact) mass is 203 g/mol. The van der Waals surface area contributed by atoms with E-state index in [0.29, 0.717) is 17.7 Å². The molecule has 76 valence electrons. The van der Waals surface area contributed by atoms with E-state index >= 15 is 0 Å². The van der Waals surface area contributed by atoms with Gasteiger partial charge in [-0.3, -0.25) is 14.6 Å². The van der Waals surface area contributed by atoms with Crippen LogP contribution in [0.3, 0.4) is 0 Å². The van der Waals surface area contributed by atoms with Crippen LogP contribution in [0, 0.1) is 0 Å². The maximum atomic E-state index is 11.6. The van der Waals surface area contributed by atoms with E-state index in [1.54, 1.807) is 6.07 Å². The Labute approximate surface area is 86.2 Å². The van der Waals surface area contributed by atoms with E-state index in [1.807, 2.05) is 6.92 Å². The zero-order valence-corrected chi connectivity index (χ0v) is 8.15. The second kappa shape index (κ2) is 3.61. The number of rotatable bonds is 2. The molecule has 0 atom stereocenters. The summed E-state index contributed by atoms with van der Waals surface area (Å²) in [4.78, 5) is 30.4. The third kappa shape index (κ3) is 1.52. The molecule has 0 aromatic carbocycles. The number of pyridine rings is 1. The maximum absolute atomic E-state index is 11.6. The Bertz CT molecular complexity index is 466. The molecule has 2 amide bonds. The molecular weight excluding hydrogens is 194 g/mol. The van der Waals surface area contributed by atoms with E-state index in [1.165, 1.54) is 12.4 Å². The number of aliphatic imine (C=N–C) groups is 1. The first kappa shape index (κ1) is 9.51. The van der Waals surface area contributed by atoms with Crippen LogP contribution < -0.4 is 5.32 Å². The number of aromatic nitrogens is 1. The van der Waals surface area contributed by atoms with E-state index in [2.05, 4.69) is 15.3 Å². The summed E-state index contributed by atoms with van der Waals surface area (Å²) in [7, 11) is 0. The summed E-state index contributed by atoms with van der Waals surface area (Å²) in [6.45, 7) is 2.34. The van der Waals surface area contributed by atoms with Crippen molar-refractivity contribution < 1.29 is 9.59 Å². The van der Waals surface area contributed by atoms with Crippen molar-refractivity contribution in [3.8, 4) is 0 Å². The molecule has 0 saturated carbocycles. The topological polar surface area (TPSA) is 71.4 Å². The highest BCUT2D eigenvalue weighted by Gasteiger charge is 2.22. The van der Waals surface area contributed by atoms with Gasteiger partial charge >= 0.3 is 0 Å². The fraction of sp³-hybridized carbons (Fsp3) is 0.200. The SMILES string of the molecule is CCNC(=O)c1nccc2c1C=NC2=O. The Morgan fingerprint density at radius 1 is 1.53 bits per heavy atom. The van der Waals surface area contributed by atoms with Gasteiger partial charge in [0.25, 0.3) is 11.8 Å². The number of carbonyl (C=O) groups is 2. The lowest BCUT2D eigenvalue weighted by molar-refractivity contribution is 0.0950. The molecule has 1 aliphatic rings. The average molecular weight is 203 g/mol. The minimum absolute atomic E-state index is 0.254. The second-order valence-electron chi connectivity index (χ2n) is 3.04. The van der Waals surface area contributed by atoms with Crippen LogP contribution in [0.15, 0.2) is 17.3 Å². The van der Waals surface area contributed by atoms with Crippen LogP contribution in [0.4, 0.5) is 0 Å². The van der Waals surface area contributed by atoms with Gasteiger partial charge in [-0.1, -0.05) is 0 Å². The summed E-state index contributed by atoms with van der Waals surface area (Å²) in [5.41, 5.74) is 1.20. The van der Waals surface area contributed by atoms with Crippen molar-refractivity contribution in [1.29, 1.82) is 0 Å². The predicted molar refractivity (Wildman–Crippen MR) is 54.2 cm³/mol. The van der Waals surface area contributed by atoms with E-state index in [0.717, 1.165) is 0 Å². The molecule has 1 aromatic rings. The molecule has 0 saturated heterocycles. The highest BCUT2D eigenvalue weighted by molar-refractivity contribution is 6.16. The Morgan fingerprint density at radius 2 is 2.33 bits per heavy atom. The third-order valence-electron chi connectivity index (χ3n) is 2.08. The number of hydrogen-bond acceptors (Lipinski definition) is 3. The van der Waals surface area contributed by atoms with Crippen molar-refractivity contribution in [2.24, 2.45) is 4.99 Å². The van der Waals surface area contributed by atoms with Gasteiger partial charge in [-0.25, -0.2) is 4.99 Å². The molecule has 5 heteroatoms. The molecule has 1 N–H and O–H groups in total. The first-order valence-corrected chi connectivity index (χ1v) is 4.59. The highest BCUT2D eigenvalue weighted by Crippen LogP contribution is 2.16. The summed E-state index contributed by atoms with van der Waals surface area (Å²) in [5.74, 6) is -0.603. The van der Waals surface area contributed by atoms with Crippen LogP contribution in [-0.2, 0) is 0 Å². The Hall–Kier alpha value is -2.04. The maximum Gasteiger partial charge on any atom is 0.277 e. The predicted octanol–water partition coefficient (Wildman–Crippen LogP) is 0.404. The first-order valence-electron chi connectivity index (χ1n) is 4.59. The van der Waals surface area contributed by atoms with E-state index in [-0.39, 0.29) is 17.5 Å². The Balaban J connectivity index is 2.46. The number of amides is 2. The fourth-order valence-corrected chi connectivity index (χ4v) is 1.41. The summed E-state index contributed by atoms with van der Waals surface area (Å²) < 4.78 is 0. The van der Waals surface area contributed by atoms with Crippen molar-refractivity contribution in [1.82, 2.24) is 10.3 Å². The van der Waals surface area contributed by atoms with E-state index in [9.17, 15) is 9.59 Å². The van der Waals surface area contributed by atoms with Gasteiger partial charge in [-0.15, -0.1) is 0 Å². The number of hydrogen-bond donors (Lipinski definition) is 1. The largest absolute Gasteiger partial charge is 0.351 e. The van der Waals surface area contributed by atoms with E-state index < -0.39 is 0 Å². The fourth-order valence-electron chi connectivity index (χ4n) is 1.41. The molecule has 1 aliphatic heterocycles. The van der Waals surface area contributed by atoms with Gasteiger partial charge < -0.3 is 5.32 Å². The minimum atomic E-state index is -0.321. The molecule has 0 bridgehead atoms. The molecule has 0 radical (unpaired) electrons. The summed E-state index contributed by atoms with van der Waals surface area (Å²) >= 11 is 0. The van der Waals surface area contributed by atoms with Crippen molar-refractivity contribution in [3.63, 3.8) is 0 Å². The molecule has 15 heavy (non-hydrogen) atoms. The second-order valence-corrected chi connectivity index (χ2v) is 3.04. The van der Waals surface area contributed by atoms with Crippen molar-refractivity contribution in [3.05, 3.63) is 29.1 Å². The van der Waals surface area contributed by atoms with Gasteiger partial charge in [0.2, 0.25) is 0 Å². The number of fused-ring (bicyclic) bond motifs is 1. The quantitative estimate of drug-likeness (QED) is 0.756. The smallest absolute Gasteiger partial charge is 0.277 e. The molecule has 0 fully saturated rings. The van der Waals surface area contributed by atoms with Crippen LogP contribution in [0.2, 0.25) is 0 Å². The van der Waals surface area contributed by atoms with Gasteiger partial charge in [-0.05, 0) is 13.0 Å². The van der Waals surface area contributed by atoms with Crippen LogP contribution in [0.5, 0.6) is 0 Å². The minimum Gasteiger partial charge on any atom is -0.351 e. The highest BCUT2D eigenvalue weighted by atomic mass is 16.2. The summed E-state index contributed by atoms with van der Waals surface area (Å²) in [5, 5.41) is 2.63. The van der Waals surface area contributed by atoms with Crippen molar-refractivity contribution in [2.75, 3.05) is 6.54 Å². The zero-order chi connectivity index (χ0) is 10.8. The molecule has 2 heterocycles. The van der Waals surface area contributed by atoms with Crippen LogP contribution in [0.25, 0.3) is 0 Å². The standard InChI is InChI=1S/C10H9N3O2/c1-2-11-10(15)8-7-5-13-9(14)6(7)3-4-12-8/h3-5H,2H2,1H3,(H,11,15). The average Bonchev–Trinajstić information content (AvgIpc) is 2.61. The van der Waals surface area contributed by atoms with Gasteiger partial charge in [0.1, 0.15) is 5.69 Å². The molecule has 2 rings (SSSR count). The normalized spacial score (nSPS) is 12.7. The number of nitrogens with zero attached hydrogens (tertiary/aromatic N) is 2. The molecular formula is C10H9N3O2. The summed E-state index contributed by atoms with van der Waals surface area (Å²) in [6.07, 6.45) is 2.82. The summed E-state index contributed by atoms with van der Waals surface area (Å²) in [6, 6.07) is 1.56. The van der Waals surface area contributed by atoms with E-state index in [4.69, 9.17) is 0 Å². The number of carbonyl (C=O) groups excluding carboxylic acids is 2. The molecule has 5 nitrogen and oxygen atoms in total. The van der Waals surface area contributed by atoms with Crippen molar-refractivity contribution in [2.45, 2.75) is 6.92 Å². The lowest BCUT2D eigenvalue weighted by Gasteiger charge is -2.04. The van der Waals surface area contributed by atoms with Gasteiger partial charge in [0.15, 0.2) is 0 Å². The zero-order valence-electron chi connectivity index (χ0n) is 8.15. The molecule has 0 spiro atoms. The first-order chi connectivity index (χ1) is 7.24. The lowest BCUT2D eigenvalue weighted by Crippen LogP contribution is -2.25. The van der Waals surface area contributed by atoms with Crippen molar-refractivity contribution >= 4 is 18.0 Å². The number of nitrogens with one attached hydrogen (secondary N) is 1. The molecule has 1 aromatic heterocycles. The molecule has 0 unspecified atom stereocenters. The van der Waals surface area contributed by atoms with Crippen LogP contribution in [-0.4, -0.2) is 29.6 Å². The Morgan fingerprint density at radius 3 is 3.07 bits per heavy atom. The lowest BCUT2D eigenvalue weighted by atomic mass is 10.1.